The summed E-state index contributed by atoms with van der Waals surface area (Å²) >= 11 is 0. The van der Waals surface area contributed by atoms with E-state index in [1.807, 2.05) is 13.8 Å². The Morgan fingerprint density at radius 3 is 2.64 bits per heavy atom. The van der Waals surface area contributed by atoms with Gasteiger partial charge in [-0.1, -0.05) is 20.3 Å². The van der Waals surface area contributed by atoms with Crippen molar-refractivity contribution in [2.24, 2.45) is 5.92 Å². The predicted molar refractivity (Wildman–Crippen MR) is 54.4 cm³/mol. The second-order valence-electron chi connectivity index (χ2n) is 3.72. The van der Waals surface area contributed by atoms with Gasteiger partial charge in [-0.05, 0) is 12.8 Å². The Balaban J connectivity index is 2.98. The predicted octanol–water partition coefficient (Wildman–Crippen LogP) is 1.38. The summed E-state index contributed by atoms with van der Waals surface area (Å²) in [5, 5.41) is 19.8. The van der Waals surface area contributed by atoms with Crippen molar-refractivity contribution in [1.29, 1.82) is 5.41 Å². The number of aliphatic hydroxyl groups is 1. The van der Waals surface area contributed by atoms with E-state index in [0.29, 0.717) is 0 Å². The molecule has 0 saturated heterocycles. The van der Waals surface area contributed by atoms with Gasteiger partial charge in [0.1, 0.15) is 5.76 Å². The van der Waals surface area contributed by atoms with Gasteiger partial charge < -0.3 is 15.8 Å². The smallest absolute Gasteiger partial charge is 0.257 e. The topological polar surface area (TPSA) is 73.2 Å². The zero-order chi connectivity index (χ0) is 10.9. The number of aliphatic hydroxyl groups excluding tert-OH is 1. The van der Waals surface area contributed by atoms with Crippen molar-refractivity contribution in [3.63, 3.8) is 0 Å². The number of carbonyl (C=O) groups is 1. The summed E-state index contributed by atoms with van der Waals surface area (Å²) in [6, 6.07) is -0.317. The second kappa shape index (κ2) is 3.82. The van der Waals surface area contributed by atoms with Gasteiger partial charge in [-0.15, -0.1) is 0 Å². The molecule has 2 unspecified atom stereocenters. The van der Waals surface area contributed by atoms with E-state index in [-0.39, 0.29) is 34.9 Å². The molecule has 2 atom stereocenters. The number of hydrogen-bond donors (Lipinski definition) is 3. The molecule has 1 amide bonds. The summed E-state index contributed by atoms with van der Waals surface area (Å²) in [6.07, 6.45) is 0.874. The van der Waals surface area contributed by atoms with Crippen LogP contribution in [0.25, 0.3) is 0 Å². The highest BCUT2D eigenvalue weighted by atomic mass is 16.3. The molecule has 3 N–H and O–H groups in total. The van der Waals surface area contributed by atoms with Gasteiger partial charge >= 0.3 is 0 Å². The van der Waals surface area contributed by atoms with E-state index in [1.54, 1.807) is 0 Å². The summed E-state index contributed by atoms with van der Waals surface area (Å²) in [5.74, 6) is -0.118. The number of rotatable bonds is 3. The van der Waals surface area contributed by atoms with Gasteiger partial charge in [-0.2, -0.15) is 0 Å². The van der Waals surface area contributed by atoms with Crippen molar-refractivity contribution in [1.82, 2.24) is 5.32 Å². The normalized spacial score (nSPS) is 23.6. The average molecular weight is 196 g/mol. The lowest BCUT2D eigenvalue weighted by Crippen LogP contribution is -2.34. The summed E-state index contributed by atoms with van der Waals surface area (Å²) in [6.45, 7) is 5.47. The van der Waals surface area contributed by atoms with Crippen molar-refractivity contribution >= 4 is 11.6 Å². The van der Waals surface area contributed by atoms with Gasteiger partial charge in [0.25, 0.3) is 5.91 Å². The van der Waals surface area contributed by atoms with Crippen molar-refractivity contribution in [3.8, 4) is 0 Å². The van der Waals surface area contributed by atoms with Crippen LogP contribution in [0.3, 0.4) is 0 Å². The van der Waals surface area contributed by atoms with Crippen LogP contribution in [-0.2, 0) is 4.79 Å². The zero-order valence-electron chi connectivity index (χ0n) is 8.72. The van der Waals surface area contributed by atoms with Gasteiger partial charge in [0.15, 0.2) is 0 Å². The molecule has 0 fully saturated rings. The Morgan fingerprint density at radius 1 is 1.71 bits per heavy atom. The Labute approximate surface area is 83.5 Å². The molecule has 0 aliphatic carbocycles. The van der Waals surface area contributed by atoms with Crippen LogP contribution in [0.1, 0.15) is 27.2 Å². The zero-order valence-corrected chi connectivity index (χ0v) is 8.72. The molecule has 1 aliphatic rings. The molecule has 1 heterocycles. The minimum Gasteiger partial charge on any atom is -0.509 e. The first-order chi connectivity index (χ1) is 6.49. The Kier molecular flexibility index (Phi) is 2.93. The standard InChI is InChI=1S/C10H16N2O2/c1-4-5(2)8-9(13)7(6(3)11)10(14)12-8/h5,8,11,13H,4H2,1-3H3,(H,12,14). The maximum Gasteiger partial charge on any atom is 0.257 e. The van der Waals surface area contributed by atoms with Gasteiger partial charge in [-0.25, -0.2) is 0 Å². The van der Waals surface area contributed by atoms with E-state index in [1.165, 1.54) is 6.92 Å². The lowest BCUT2D eigenvalue weighted by Gasteiger charge is -2.17. The molecule has 1 rings (SSSR count). The number of carbonyl (C=O) groups excluding carboxylic acids is 1. The van der Waals surface area contributed by atoms with Crippen molar-refractivity contribution in [3.05, 3.63) is 11.3 Å². The number of hydrogen-bond acceptors (Lipinski definition) is 3. The summed E-state index contributed by atoms with van der Waals surface area (Å²) in [7, 11) is 0. The molecule has 0 bridgehead atoms. The molecule has 0 aromatic rings. The fraction of sp³-hybridized carbons (Fsp3) is 0.600. The van der Waals surface area contributed by atoms with E-state index in [4.69, 9.17) is 5.41 Å². The number of nitrogens with one attached hydrogen (secondary N) is 2. The molecular formula is C10H16N2O2. The molecule has 0 radical (unpaired) electrons. The largest absolute Gasteiger partial charge is 0.509 e. The lowest BCUT2D eigenvalue weighted by molar-refractivity contribution is -0.116. The van der Waals surface area contributed by atoms with Crippen molar-refractivity contribution in [2.45, 2.75) is 33.2 Å². The quantitative estimate of drug-likeness (QED) is 0.597. The van der Waals surface area contributed by atoms with Gasteiger partial charge in [-0.3, -0.25) is 4.79 Å². The molecule has 14 heavy (non-hydrogen) atoms. The molecular weight excluding hydrogens is 180 g/mol. The van der Waals surface area contributed by atoms with Gasteiger partial charge in [0.05, 0.1) is 11.6 Å². The third kappa shape index (κ3) is 1.64. The molecule has 0 spiro atoms. The SMILES string of the molecule is CCC(C)C1NC(=O)C(C(C)=N)=C1O. The third-order valence-corrected chi connectivity index (χ3v) is 2.65. The van der Waals surface area contributed by atoms with Crippen LogP contribution in [0.2, 0.25) is 0 Å². The van der Waals surface area contributed by atoms with Crippen LogP contribution in [0, 0.1) is 11.3 Å². The maximum absolute atomic E-state index is 11.4. The van der Waals surface area contributed by atoms with Crippen molar-refractivity contribution in [2.75, 3.05) is 0 Å². The van der Waals surface area contributed by atoms with E-state index >= 15 is 0 Å². The Bertz CT molecular complexity index is 307. The highest BCUT2D eigenvalue weighted by Gasteiger charge is 2.35. The first-order valence-electron chi connectivity index (χ1n) is 4.78. The van der Waals surface area contributed by atoms with E-state index in [0.717, 1.165) is 6.42 Å². The molecule has 1 aliphatic heterocycles. The second-order valence-corrected chi connectivity index (χ2v) is 3.72. The fourth-order valence-corrected chi connectivity index (χ4v) is 1.56. The Morgan fingerprint density at radius 2 is 2.29 bits per heavy atom. The fourth-order valence-electron chi connectivity index (χ4n) is 1.56. The summed E-state index contributed by atoms with van der Waals surface area (Å²) < 4.78 is 0. The molecule has 0 saturated carbocycles. The minimum absolute atomic E-state index is 0.0249. The van der Waals surface area contributed by atoms with E-state index in [9.17, 15) is 9.90 Å². The summed E-state index contributed by atoms with van der Waals surface area (Å²) in [4.78, 5) is 11.4. The van der Waals surface area contributed by atoms with Crippen LogP contribution in [-0.4, -0.2) is 22.8 Å². The number of amides is 1. The molecule has 0 aromatic heterocycles. The minimum atomic E-state index is -0.333. The third-order valence-electron chi connectivity index (χ3n) is 2.65. The van der Waals surface area contributed by atoms with Gasteiger partial charge in [0.2, 0.25) is 0 Å². The van der Waals surface area contributed by atoms with Crippen LogP contribution in [0.15, 0.2) is 11.3 Å². The highest BCUT2D eigenvalue weighted by molar-refractivity contribution is 6.21. The molecule has 0 aromatic carbocycles. The first-order valence-corrected chi connectivity index (χ1v) is 4.78. The lowest BCUT2D eigenvalue weighted by atomic mass is 9.97. The van der Waals surface area contributed by atoms with Crippen LogP contribution >= 0.6 is 0 Å². The molecule has 78 valence electrons. The Hall–Kier alpha value is -1.32. The van der Waals surface area contributed by atoms with Crippen LogP contribution in [0.4, 0.5) is 0 Å². The van der Waals surface area contributed by atoms with E-state index in [2.05, 4.69) is 5.32 Å². The molecule has 4 heteroatoms. The van der Waals surface area contributed by atoms with Gasteiger partial charge in [0, 0.05) is 5.71 Å². The average Bonchev–Trinajstić information content (AvgIpc) is 2.40. The maximum atomic E-state index is 11.4. The first kappa shape index (κ1) is 10.8. The van der Waals surface area contributed by atoms with Crippen LogP contribution in [0.5, 0.6) is 0 Å². The molecule has 4 nitrogen and oxygen atoms in total. The van der Waals surface area contributed by atoms with Crippen molar-refractivity contribution < 1.29 is 9.90 Å². The monoisotopic (exact) mass is 196 g/mol. The van der Waals surface area contributed by atoms with Crippen LogP contribution < -0.4 is 5.32 Å². The summed E-state index contributed by atoms with van der Waals surface area (Å²) in [5.41, 5.74) is 0.251. The van der Waals surface area contributed by atoms with E-state index < -0.39 is 0 Å². The highest BCUT2D eigenvalue weighted by Crippen LogP contribution is 2.23.